The number of para-hydroxylation sites is 1. The first-order valence-corrected chi connectivity index (χ1v) is 12.6. The topological polar surface area (TPSA) is 69.2 Å². The fourth-order valence-corrected chi connectivity index (χ4v) is 6.01. The highest BCUT2D eigenvalue weighted by molar-refractivity contribution is 8.19. The molecule has 1 aliphatic rings. The summed E-state index contributed by atoms with van der Waals surface area (Å²) in [4.78, 5) is 12.1. The largest absolute Gasteiger partial charge is 0.496 e. The van der Waals surface area contributed by atoms with Crippen molar-refractivity contribution >= 4 is 35.6 Å². The Balaban J connectivity index is 1.32. The standard InChI is InChI=1S/C25H23FN2O4S2/c1-30-22-14-21(26)23(32-20-5-3-2-4-6-20)13-18(22)15-27-28-24(29)16-31-19-9-7-17(8-10-19)25-33-11-12-34-25/h2-10,13-15,25H,11-12,16H2,1H3,(H,28,29)/b27-15-. The summed E-state index contributed by atoms with van der Waals surface area (Å²) in [5, 5.41) is 3.94. The van der Waals surface area contributed by atoms with Crippen molar-refractivity contribution in [2.75, 3.05) is 25.2 Å². The maximum absolute atomic E-state index is 14.4. The van der Waals surface area contributed by atoms with E-state index in [0.717, 1.165) is 0 Å². The maximum Gasteiger partial charge on any atom is 0.277 e. The van der Waals surface area contributed by atoms with Gasteiger partial charge in [0.05, 0.1) is 17.9 Å². The molecule has 1 fully saturated rings. The second-order valence-corrected chi connectivity index (χ2v) is 9.89. The number of rotatable bonds is 9. The lowest BCUT2D eigenvalue weighted by Gasteiger charge is -2.11. The summed E-state index contributed by atoms with van der Waals surface area (Å²) in [7, 11) is 1.42. The molecule has 4 rings (SSSR count). The van der Waals surface area contributed by atoms with E-state index in [1.165, 1.54) is 42.5 Å². The summed E-state index contributed by atoms with van der Waals surface area (Å²) in [5.41, 5.74) is 4.09. The summed E-state index contributed by atoms with van der Waals surface area (Å²) in [6.45, 7) is -0.188. The van der Waals surface area contributed by atoms with Crippen LogP contribution in [0.5, 0.6) is 23.0 Å². The minimum absolute atomic E-state index is 0.0148. The first kappa shape index (κ1) is 24.0. The van der Waals surface area contributed by atoms with E-state index >= 15 is 0 Å². The van der Waals surface area contributed by atoms with E-state index in [9.17, 15) is 9.18 Å². The van der Waals surface area contributed by atoms with Gasteiger partial charge in [0.15, 0.2) is 18.2 Å². The molecule has 1 saturated heterocycles. The molecule has 0 radical (unpaired) electrons. The highest BCUT2D eigenvalue weighted by Gasteiger charge is 2.18. The average molecular weight is 499 g/mol. The molecule has 1 N–H and O–H groups in total. The van der Waals surface area contributed by atoms with Gasteiger partial charge in [0.25, 0.3) is 5.91 Å². The predicted octanol–water partition coefficient (Wildman–Crippen LogP) is 5.63. The Hall–Kier alpha value is -3.17. The molecule has 0 saturated carbocycles. The predicted molar refractivity (Wildman–Crippen MR) is 135 cm³/mol. The number of methoxy groups -OCH3 is 1. The molecule has 176 valence electrons. The van der Waals surface area contributed by atoms with Crippen molar-refractivity contribution in [3.8, 4) is 23.0 Å². The monoisotopic (exact) mass is 498 g/mol. The van der Waals surface area contributed by atoms with Crippen LogP contribution < -0.4 is 19.6 Å². The minimum Gasteiger partial charge on any atom is -0.496 e. The Bertz CT molecular complexity index is 1140. The van der Waals surface area contributed by atoms with Gasteiger partial charge in [-0.1, -0.05) is 30.3 Å². The van der Waals surface area contributed by atoms with Crippen molar-refractivity contribution in [1.29, 1.82) is 0 Å². The molecule has 0 atom stereocenters. The van der Waals surface area contributed by atoms with Crippen molar-refractivity contribution < 1.29 is 23.4 Å². The van der Waals surface area contributed by atoms with Gasteiger partial charge in [-0.15, -0.1) is 23.5 Å². The first-order chi connectivity index (χ1) is 16.6. The van der Waals surface area contributed by atoms with Crippen LogP contribution in [0.2, 0.25) is 0 Å². The lowest BCUT2D eigenvalue weighted by molar-refractivity contribution is -0.123. The van der Waals surface area contributed by atoms with E-state index in [0.29, 0.717) is 21.6 Å². The Kier molecular flexibility index (Phi) is 8.32. The van der Waals surface area contributed by atoms with Gasteiger partial charge in [0.2, 0.25) is 0 Å². The third kappa shape index (κ3) is 6.45. The molecule has 3 aromatic carbocycles. The van der Waals surface area contributed by atoms with Crippen molar-refractivity contribution in [2.24, 2.45) is 5.10 Å². The average Bonchev–Trinajstić information content (AvgIpc) is 3.40. The molecule has 0 spiro atoms. The molecule has 1 heterocycles. The van der Waals surface area contributed by atoms with Crippen LogP contribution in [0.3, 0.4) is 0 Å². The molecule has 34 heavy (non-hydrogen) atoms. The number of nitrogens with zero attached hydrogens (tertiary/aromatic N) is 1. The smallest absolute Gasteiger partial charge is 0.277 e. The molecule has 0 bridgehead atoms. The first-order valence-electron chi connectivity index (χ1n) is 10.5. The van der Waals surface area contributed by atoms with Crippen molar-refractivity contribution in [2.45, 2.75) is 4.58 Å². The molecule has 0 unspecified atom stereocenters. The zero-order valence-electron chi connectivity index (χ0n) is 18.4. The Labute approximate surface area is 205 Å². The molecule has 0 aliphatic carbocycles. The van der Waals surface area contributed by atoms with E-state index < -0.39 is 11.7 Å². The van der Waals surface area contributed by atoms with Gasteiger partial charge in [0.1, 0.15) is 17.2 Å². The number of thioether (sulfide) groups is 2. The zero-order valence-corrected chi connectivity index (χ0v) is 20.0. The van der Waals surface area contributed by atoms with E-state index in [1.807, 2.05) is 53.9 Å². The molecule has 1 amide bonds. The summed E-state index contributed by atoms with van der Waals surface area (Å²) in [6.07, 6.45) is 1.36. The summed E-state index contributed by atoms with van der Waals surface area (Å²) in [6, 6.07) is 19.3. The number of amides is 1. The molecule has 0 aromatic heterocycles. The SMILES string of the molecule is COc1cc(F)c(Oc2ccccc2)cc1/C=N\NC(=O)COc1ccc(C2SCCS2)cc1. The van der Waals surface area contributed by atoms with Crippen LogP contribution in [0.25, 0.3) is 0 Å². The second kappa shape index (κ2) is 11.8. The van der Waals surface area contributed by atoms with Gasteiger partial charge < -0.3 is 14.2 Å². The number of carbonyl (C=O) groups excluding carboxylic acids is 1. The van der Waals surface area contributed by atoms with Gasteiger partial charge >= 0.3 is 0 Å². The summed E-state index contributed by atoms with van der Waals surface area (Å²) >= 11 is 3.87. The quantitative estimate of drug-likeness (QED) is 0.304. The number of hydrogen-bond acceptors (Lipinski definition) is 7. The van der Waals surface area contributed by atoms with Crippen LogP contribution in [0, 0.1) is 5.82 Å². The van der Waals surface area contributed by atoms with Gasteiger partial charge in [-0.2, -0.15) is 5.10 Å². The number of benzene rings is 3. The van der Waals surface area contributed by atoms with Crippen LogP contribution in [0.15, 0.2) is 71.8 Å². The number of hydrogen-bond donors (Lipinski definition) is 1. The Morgan fingerprint density at radius 1 is 1.06 bits per heavy atom. The molecule has 9 heteroatoms. The fraction of sp³-hybridized carbons (Fsp3) is 0.200. The zero-order chi connectivity index (χ0) is 23.8. The number of halogens is 1. The lowest BCUT2D eigenvalue weighted by Crippen LogP contribution is -2.24. The second-order valence-electron chi connectivity index (χ2n) is 7.16. The van der Waals surface area contributed by atoms with E-state index in [2.05, 4.69) is 10.5 Å². The number of carbonyl (C=O) groups is 1. The number of hydrazone groups is 1. The minimum atomic E-state index is -0.577. The third-order valence-corrected chi connectivity index (χ3v) is 7.90. The lowest BCUT2D eigenvalue weighted by atomic mass is 10.2. The summed E-state index contributed by atoms with van der Waals surface area (Å²) < 4.78 is 31.2. The van der Waals surface area contributed by atoms with Crippen LogP contribution in [0.4, 0.5) is 4.39 Å². The van der Waals surface area contributed by atoms with Gasteiger partial charge in [-0.25, -0.2) is 9.82 Å². The normalized spacial score (nSPS) is 13.7. The molecule has 3 aromatic rings. The van der Waals surface area contributed by atoms with Gasteiger partial charge in [0, 0.05) is 23.1 Å². The molecular formula is C25H23FN2O4S2. The van der Waals surface area contributed by atoms with E-state index in [1.54, 1.807) is 24.3 Å². The molecular weight excluding hydrogens is 475 g/mol. The highest BCUT2D eigenvalue weighted by Crippen LogP contribution is 2.45. The van der Waals surface area contributed by atoms with Gasteiger partial charge in [-0.3, -0.25) is 4.79 Å². The third-order valence-electron chi connectivity index (χ3n) is 4.79. The van der Waals surface area contributed by atoms with Crippen LogP contribution >= 0.6 is 23.5 Å². The van der Waals surface area contributed by atoms with Crippen LogP contribution in [-0.2, 0) is 4.79 Å². The van der Waals surface area contributed by atoms with E-state index in [4.69, 9.17) is 14.2 Å². The summed E-state index contributed by atoms with van der Waals surface area (Å²) in [5.74, 6) is 2.70. The fourth-order valence-electron chi connectivity index (χ4n) is 3.15. The Morgan fingerprint density at radius 2 is 1.79 bits per heavy atom. The van der Waals surface area contributed by atoms with Crippen molar-refractivity contribution in [3.05, 3.63) is 83.7 Å². The van der Waals surface area contributed by atoms with E-state index in [-0.39, 0.29) is 18.1 Å². The van der Waals surface area contributed by atoms with Crippen molar-refractivity contribution in [1.82, 2.24) is 5.43 Å². The highest BCUT2D eigenvalue weighted by atomic mass is 32.2. The van der Waals surface area contributed by atoms with Crippen LogP contribution in [0.1, 0.15) is 15.7 Å². The van der Waals surface area contributed by atoms with Crippen LogP contribution in [-0.4, -0.2) is 37.3 Å². The Morgan fingerprint density at radius 3 is 2.50 bits per heavy atom. The van der Waals surface area contributed by atoms with Crippen molar-refractivity contribution in [3.63, 3.8) is 0 Å². The number of nitrogens with one attached hydrogen (secondary N) is 1. The maximum atomic E-state index is 14.4. The number of ether oxygens (including phenoxy) is 3. The molecule has 1 aliphatic heterocycles. The van der Waals surface area contributed by atoms with Gasteiger partial charge in [-0.05, 0) is 35.9 Å². The molecule has 6 nitrogen and oxygen atoms in total.